The minimum absolute atomic E-state index is 0.129. The molecule has 39 heavy (non-hydrogen) atoms. The van der Waals surface area contributed by atoms with Gasteiger partial charge in [0.1, 0.15) is 0 Å². The molecule has 0 saturated carbocycles. The molecule has 3 aromatic carbocycles. The van der Waals surface area contributed by atoms with Gasteiger partial charge in [-0.25, -0.2) is 4.79 Å². The number of nitrogens with one attached hydrogen (secondary N) is 2. The number of halogens is 2. The summed E-state index contributed by atoms with van der Waals surface area (Å²) in [7, 11) is 0. The number of rotatable bonds is 8. The lowest BCUT2D eigenvalue weighted by Crippen LogP contribution is -2.45. The van der Waals surface area contributed by atoms with E-state index in [1.165, 1.54) is 5.56 Å². The number of carbonyl (C=O) groups is 2. The Morgan fingerprint density at radius 3 is 2.38 bits per heavy atom. The zero-order valence-electron chi connectivity index (χ0n) is 21.9. The topological polar surface area (TPSA) is 64.7 Å². The summed E-state index contributed by atoms with van der Waals surface area (Å²) >= 11 is 9.55. The Kier molecular flexibility index (Phi) is 8.90. The van der Waals surface area contributed by atoms with E-state index < -0.39 is 0 Å². The van der Waals surface area contributed by atoms with Crippen molar-refractivity contribution in [3.63, 3.8) is 0 Å². The van der Waals surface area contributed by atoms with Crippen LogP contribution in [0.2, 0.25) is 5.02 Å². The standard InChI is InChI=1S/C31H34BrClN4O2/c32-25-11-9-23(10-12-25)22-37-20-16-31(29(37)38)14-18-36(19-15-31)17-13-28(24-5-2-1-3-6-24)35-30(39)34-27-8-4-7-26(33)21-27/h1-12,21,28H,13-20,22H2,(H2,34,35,39). The Hall–Kier alpha value is -2.87. The normalized spacial score (nSPS) is 17.8. The molecule has 2 saturated heterocycles. The predicted molar refractivity (Wildman–Crippen MR) is 160 cm³/mol. The van der Waals surface area contributed by atoms with Gasteiger partial charge in [-0.1, -0.05) is 76.1 Å². The average molecular weight is 610 g/mol. The second-order valence-corrected chi connectivity index (χ2v) is 11.9. The first-order valence-corrected chi connectivity index (χ1v) is 14.7. The van der Waals surface area contributed by atoms with E-state index in [-0.39, 0.29) is 17.5 Å². The van der Waals surface area contributed by atoms with Crippen molar-refractivity contribution in [2.45, 2.75) is 38.3 Å². The van der Waals surface area contributed by atoms with Crippen molar-refractivity contribution in [1.29, 1.82) is 0 Å². The number of carbonyl (C=O) groups excluding carboxylic acids is 2. The number of hydrogen-bond donors (Lipinski definition) is 2. The van der Waals surface area contributed by atoms with Crippen molar-refractivity contribution < 1.29 is 9.59 Å². The molecule has 0 aromatic heterocycles. The van der Waals surface area contributed by atoms with Crippen LogP contribution < -0.4 is 10.6 Å². The van der Waals surface area contributed by atoms with Gasteiger partial charge in [-0.3, -0.25) is 4.79 Å². The largest absolute Gasteiger partial charge is 0.338 e. The molecule has 2 aliphatic heterocycles. The molecule has 5 rings (SSSR count). The fourth-order valence-electron chi connectivity index (χ4n) is 5.73. The van der Waals surface area contributed by atoms with E-state index in [0.29, 0.717) is 23.2 Å². The number of urea groups is 1. The van der Waals surface area contributed by atoms with E-state index in [1.54, 1.807) is 12.1 Å². The molecule has 1 unspecified atom stereocenters. The Morgan fingerprint density at radius 1 is 0.949 bits per heavy atom. The molecule has 3 amide bonds. The number of amides is 3. The fraction of sp³-hybridized carbons (Fsp3) is 0.355. The molecule has 2 aliphatic rings. The summed E-state index contributed by atoms with van der Waals surface area (Å²) in [4.78, 5) is 30.7. The van der Waals surface area contributed by atoms with Crippen LogP contribution in [0.3, 0.4) is 0 Å². The number of likely N-dealkylation sites (tertiary alicyclic amines) is 2. The summed E-state index contributed by atoms with van der Waals surface area (Å²) in [6, 6.07) is 25.0. The Labute approximate surface area is 243 Å². The maximum absolute atomic E-state index is 13.4. The van der Waals surface area contributed by atoms with Crippen LogP contribution in [0, 0.1) is 5.41 Å². The van der Waals surface area contributed by atoms with Crippen molar-refractivity contribution in [3.8, 4) is 0 Å². The third kappa shape index (κ3) is 7.02. The third-order valence-corrected chi connectivity index (χ3v) is 8.79. The number of anilines is 1. The monoisotopic (exact) mass is 608 g/mol. The summed E-state index contributed by atoms with van der Waals surface area (Å²) in [5.74, 6) is 0.312. The molecule has 0 radical (unpaired) electrons. The second-order valence-electron chi connectivity index (χ2n) is 10.6. The van der Waals surface area contributed by atoms with Gasteiger partial charge in [0, 0.05) is 34.8 Å². The van der Waals surface area contributed by atoms with Gasteiger partial charge in [0.25, 0.3) is 0 Å². The molecular formula is C31H34BrClN4O2. The molecule has 3 aromatic rings. The van der Waals surface area contributed by atoms with Gasteiger partial charge < -0.3 is 20.4 Å². The molecule has 2 N–H and O–H groups in total. The minimum Gasteiger partial charge on any atom is -0.338 e. The molecule has 1 spiro atoms. The first-order valence-electron chi connectivity index (χ1n) is 13.5. The van der Waals surface area contributed by atoms with Gasteiger partial charge in [-0.15, -0.1) is 0 Å². The van der Waals surface area contributed by atoms with Gasteiger partial charge in [0.05, 0.1) is 11.5 Å². The summed E-state index contributed by atoms with van der Waals surface area (Å²) in [6.07, 6.45) is 3.50. The average Bonchev–Trinajstić information content (AvgIpc) is 3.23. The molecule has 8 heteroatoms. The predicted octanol–water partition coefficient (Wildman–Crippen LogP) is 6.87. The van der Waals surface area contributed by atoms with Crippen LogP contribution >= 0.6 is 27.5 Å². The second kappa shape index (κ2) is 12.5. The van der Waals surface area contributed by atoms with Crippen LogP contribution in [0.4, 0.5) is 10.5 Å². The molecule has 0 aliphatic carbocycles. The van der Waals surface area contributed by atoms with Crippen LogP contribution in [-0.2, 0) is 11.3 Å². The highest BCUT2D eigenvalue weighted by Crippen LogP contribution is 2.42. The minimum atomic E-state index is -0.258. The smallest absolute Gasteiger partial charge is 0.319 e. The highest BCUT2D eigenvalue weighted by molar-refractivity contribution is 9.10. The maximum atomic E-state index is 13.4. The number of nitrogens with zero attached hydrogens (tertiary/aromatic N) is 2. The van der Waals surface area contributed by atoms with Gasteiger partial charge in [0.15, 0.2) is 0 Å². The van der Waals surface area contributed by atoms with Crippen LogP contribution in [0.1, 0.15) is 42.9 Å². The van der Waals surface area contributed by atoms with E-state index in [9.17, 15) is 9.59 Å². The summed E-state index contributed by atoms with van der Waals surface area (Å²) in [6.45, 7) is 4.15. The van der Waals surface area contributed by atoms with E-state index in [2.05, 4.69) is 43.6 Å². The zero-order valence-corrected chi connectivity index (χ0v) is 24.3. The Balaban J connectivity index is 1.15. The maximum Gasteiger partial charge on any atom is 0.319 e. The van der Waals surface area contributed by atoms with Crippen LogP contribution in [-0.4, -0.2) is 47.9 Å². The number of benzene rings is 3. The van der Waals surface area contributed by atoms with Gasteiger partial charge in [-0.05, 0) is 80.2 Å². The third-order valence-electron chi connectivity index (χ3n) is 8.02. The first-order chi connectivity index (χ1) is 18.9. The van der Waals surface area contributed by atoms with E-state index in [1.807, 2.05) is 59.5 Å². The first kappa shape index (κ1) is 27.7. The van der Waals surface area contributed by atoms with Crippen molar-refractivity contribution in [3.05, 3.63) is 99.5 Å². The van der Waals surface area contributed by atoms with E-state index in [4.69, 9.17) is 11.6 Å². The molecule has 1 atom stereocenters. The Morgan fingerprint density at radius 2 is 1.67 bits per heavy atom. The molecule has 2 fully saturated rings. The van der Waals surface area contributed by atoms with Crippen LogP contribution in [0.25, 0.3) is 0 Å². The number of hydrogen-bond acceptors (Lipinski definition) is 3. The molecule has 6 nitrogen and oxygen atoms in total. The molecule has 0 bridgehead atoms. The molecule has 204 valence electrons. The molecule has 2 heterocycles. The van der Waals surface area contributed by atoms with E-state index in [0.717, 1.165) is 61.9 Å². The SMILES string of the molecule is O=C(Nc1cccc(Cl)c1)NC(CCN1CCC2(CC1)CCN(Cc1ccc(Br)cc1)C2=O)c1ccccc1. The van der Waals surface area contributed by atoms with Crippen molar-refractivity contribution >= 4 is 45.2 Å². The van der Waals surface area contributed by atoms with E-state index >= 15 is 0 Å². The van der Waals surface area contributed by atoms with Crippen molar-refractivity contribution in [2.75, 3.05) is 31.5 Å². The lowest BCUT2D eigenvalue weighted by atomic mass is 9.77. The van der Waals surface area contributed by atoms with Crippen LogP contribution in [0.15, 0.2) is 83.3 Å². The van der Waals surface area contributed by atoms with Crippen molar-refractivity contribution in [2.24, 2.45) is 5.41 Å². The number of piperidine rings is 1. The summed E-state index contributed by atoms with van der Waals surface area (Å²) in [5.41, 5.74) is 2.67. The zero-order chi connectivity index (χ0) is 27.2. The summed E-state index contributed by atoms with van der Waals surface area (Å²) in [5, 5.41) is 6.61. The fourth-order valence-corrected chi connectivity index (χ4v) is 6.19. The lowest BCUT2D eigenvalue weighted by Gasteiger charge is -2.38. The van der Waals surface area contributed by atoms with Crippen molar-refractivity contribution in [1.82, 2.24) is 15.1 Å². The van der Waals surface area contributed by atoms with Gasteiger partial charge in [-0.2, -0.15) is 0 Å². The Bertz CT molecular complexity index is 1280. The summed E-state index contributed by atoms with van der Waals surface area (Å²) < 4.78 is 1.05. The highest BCUT2D eigenvalue weighted by Gasteiger charge is 2.47. The van der Waals surface area contributed by atoms with Gasteiger partial charge in [0.2, 0.25) is 5.91 Å². The van der Waals surface area contributed by atoms with Crippen LogP contribution in [0.5, 0.6) is 0 Å². The quantitative estimate of drug-likeness (QED) is 0.293. The highest BCUT2D eigenvalue weighted by atomic mass is 79.9. The van der Waals surface area contributed by atoms with Gasteiger partial charge >= 0.3 is 6.03 Å². The lowest BCUT2D eigenvalue weighted by molar-refractivity contribution is -0.138. The molecular weight excluding hydrogens is 576 g/mol.